The summed E-state index contributed by atoms with van der Waals surface area (Å²) in [4.78, 5) is 0. The highest BCUT2D eigenvalue weighted by Gasteiger charge is 2.07. The molecule has 0 aromatic rings. The van der Waals surface area contributed by atoms with E-state index in [1.807, 2.05) is 13.0 Å². The topological polar surface area (TPSA) is 18.5 Å². The largest absolute Gasteiger partial charge is 0.356 e. The van der Waals surface area contributed by atoms with Crippen LogP contribution in [-0.2, 0) is 9.47 Å². The van der Waals surface area contributed by atoms with Crippen molar-refractivity contribution in [2.45, 2.75) is 52.4 Å². The van der Waals surface area contributed by atoms with Gasteiger partial charge in [-0.25, -0.2) is 0 Å². The number of hydrogen-bond donors (Lipinski definition) is 0. The lowest BCUT2D eigenvalue weighted by atomic mass is 9.97. The first kappa shape index (κ1) is 15.7. The van der Waals surface area contributed by atoms with E-state index in [1.54, 1.807) is 0 Å². The van der Waals surface area contributed by atoms with Crippen molar-refractivity contribution in [3.63, 3.8) is 0 Å². The van der Waals surface area contributed by atoms with Crippen molar-refractivity contribution in [3.05, 3.63) is 12.7 Å². The van der Waals surface area contributed by atoms with Crippen molar-refractivity contribution >= 4 is 0 Å². The van der Waals surface area contributed by atoms with E-state index in [4.69, 9.17) is 9.47 Å². The van der Waals surface area contributed by atoms with Gasteiger partial charge >= 0.3 is 0 Å². The Bertz CT molecular complexity index is 146. The highest BCUT2D eigenvalue weighted by molar-refractivity contribution is 4.70. The van der Waals surface area contributed by atoms with E-state index in [1.165, 1.54) is 32.1 Å². The van der Waals surface area contributed by atoms with Crippen molar-refractivity contribution in [1.82, 2.24) is 0 Å². The van der Waals surface area contributed by atoms with Crippen LogP contribution >= 0.6 is 0 Å². The fourth-order valence-corrected chi connectivity index (χ4v) is 1.70. The second-order valence-electron chi connectivity index (χ2n) is 4.21. The minimum atomic E-state index is 0.439. The maximum absolute atomic E-state index is 5.51. The summed E-state index contributed by atoms with van der Waals surface area (Å²) in [5.74, 6) is 0.671. The Morgan fingerprint density at radius 1 is 1.12 bits per heavy atom. The van der Waals surface area contributed by atoms with Gasteiger partial charge in [0.2, 0.25) is 0 Å². The fraction of sp³-hybridized carbons (Fsp3) is 0.857. The van der Waals surface area contributed by atoms with Crippen molar-refractivity contribution < 1.29 is 9.47 Å². The average molecular weight is 228 g/mol. The molecule has 0 amide bonds. The maximum Gasteiger partial charge on any atom is 0.146 e. The third-order valence-corrected chi connectivity index (χ3v) is 2.72. The van der Waals surface area contributed by atoms with E-state index in [0.29, 0.717) is 12.7 Å². The molecule has 0 fully saturated rings. The summed E-state index contributed by atoms with van der Waals surface area (Å²) in [6.07, 6.45) is 9.48. The molecule has 0 bridgehead atoms. The monoisotopic (exact) mass is 228 g/mol. The van der Waals surface area contributed by atoms with E-state index in [0.717, 1.165) is 19.6 Å². The number of unbranched alkanes of at least 4 members (excludes halogenated alkanes) is 2. The normalized spacial score (nSPS) is 12.6. The van der Waals surface area contributed by atoms with E-state index in [2.05, 4.69) is 13.5 Å². The summed E-state index contributed by atoms with van der Waals surface area (Å²) >= 11 is 0. The molecule has 0 spiro atoms. The molecule has 1 atom stereocenters. The lowest BCUT2D eigenvalue weighted by molar-refractivity contribution is -0.0619. The quantitative estimate of drug-likeness (QED) is 0.284. The first-order valence-electron chi connectivity index (χ1n) is 6.61. The molecular formula is C14H28O2. The third kappa shape index (κ3) is 10.2. The molecule has 2 nitrogen and oxygen atoms in total. The fourth-order valence-electron chi connectivity index (χ4n) is 1.70. The zero-order valence-electron chi connectivity index (χ0n) is 11.0. The molecule has 0 N–H and O–H groups in total. The number of allylic oxidation sites excluding steroid dienone is 1. The molecule has 96 valence electrons. The van der Waals surface area contributed by atoms with Crippen molar-refractivity contribution in [2.75, 3.05) is 20.0 Å². The second kappa shape index (κ2) is 12.7. The number of hydrogen-bond acceptors (Lipinski definition) is 2. The van der Waals surface area contributed by atoms with Gasteiger partial charge in [-0.05, 0) is 32.1 Å². The zero-order chi connectivity index (χ0) is 12.1. The lowest BCUT2D eigenvalue weighted by Gasteiger charge is -2.16. The molecule has 16 heavy (non-hydrogen) atoms. The van der Waals surface area contributed by atoms with Crippen LogP contribution < -0.4 is 0 Å². The average Bonchev–Trinajstić information content (AvgIpc) is 2.31. The number of rotatable bonds is 12. The van der Waals surface area contributed by atoms with Gasteiger partial charge in [-0.15, -0.1) is 6.58 Å². The molecule has 0 saturated heterocycles. The first-order valence-corrected chi connectivity index (χ1v) is 6.61. The highest BCUT2D eigenvalue weighted by atomic mass is 16.7. The Hall–Kier alpha value is -0.340. The Morgan fingerprint density at radius 2 is 1.94 bits per heavy atom. The SMILES string of the molecule is C=CCCC(CCCCC)COCOCC. The van der Waals surface area contributed by atoms with Crippen molar-refractivity contribution in [1.29, 1.82) is 0 Å². The first-order chi connectivity index (χ1) is 7.85. The molecule has 1 unspecified atom stereocenters. The molecule has 0 heterocycles. The predicted molar refractivity (Wildman–Crippen MR) is 69.5 cm³/mol. The van der Waals surface area contributed by atoms with Crippen LogP contribution in [0.2, 0.25) is 0 Å². The van der Waals surface area contributed by atoms with Crippen molar-refractivity contribution in [2.24, 2.45) is 5.92 Å². The van der Waals surface area contributed by atoms with Crippen LogP contribution in [0.3, 0.4) is 0 Å². The Kier molecular flexibility index (Phi) is 12.5. The van der Waals surface area contributed by atoms with Gasteiger partial charge in [0.05, 0.1) is 6.61 Å². The van der Waals surface area contributed by atoms with Crippen LogP contribution in [0, 0.1) is 5.92 Å². The standard InChI is InChI=1S/C14H28O2/c1-4-7-9-11-14(10-8-5-2)12-16-13-15-6-3/h5,14H,2,4,6-13H2,1,3H3. The van der Waals surface area contributed by atoms with Gasteiger partial charge in [0.15, 0.2) is 0 Å². The van der Waals surface area contributed by atoms with Gasteiger partial charge < -0.3 is 9.47 Å². The summed E-state index contributed by atoms with van der Waals surface area (Å²) in [5, 5.41) is 0. The molecule has 0 aliphatic carbocycles. The van der Waals surface area contributed by atoms with Crippen LogP contribution in [0.4, 0.5) is 0 Å². The molecule has 0 radical (unpaired) electrons. The summed E-state index contributed by atoms with van der Waals surface area (Å²) in [5.41, 5.74) is 0. The number of ether oxygens (including phenoxy) is 2. The second-order valence-corrected chi connectivity index (χ2v) is 4.21. The van der Waals surface area contributed by atoms with Crippen LogP contribution in [0.15, 0.2) is 12.7 Å². The molecule has 0 aliphatic rings. The molecule has 0 aromatic heterocycles. The molecule has 0 rings (SSSR count). The van der Waals surface area contributed by atoms with E-state index in [9.17, 15) is 0 Å². The van der Waals surface area contributed by atoms with Gasteiger partial charge in [-0.3, -0.25) is 0 Å². The Balaban J connectivity index is 3.58. The Morgan fingerprint density at radius 3 is 2.56 bits per heavy atom. The predicted octanol–water partition coefficient (Wildman–Crippen LogP) is 4.16. The van der Waals surface area contributed by atoms with Gasteiger partial charge in [0.25, 0.3) is 0 Å². The van der Waals surface area contributed by atoms with Gasteiger partial charge in [0, 0.05) is 6.61 Å². The van der Waals surface area contributed by atoms with Crippen LogP contribution in [-0.4, -0.2) is 20.0 Å². The van der Waals surface area contributed by atoms with E-state index >= 15 is 0 Å². The van der Waals surface area contributed by atoms with E-state index in [-0.39, 0.29) is 0 Å². The summed E-state index contributed by atoms with van der Waals surface area (Å²) in [6.45, 7) is 10.00. The summed E-state index contributed by atoms with van der Waals surface area (Å²) in [7, 11) is 0. The minimum absolute atomic E-state index is 0.439. The molecule has 0 aliphatic heterocycles. The van der Waals surface area contributed by atoms with Gasteiger partial charge in [-0.1, -0.05) is 32.3 Å². The highest BCUT2D eigenvalue weighted by Crippen LogP contribution is 2.16. The smallest absolute Gasteiger partial charge is 0.146 e. The third-order valence-electron chi connectivity index (χ3n) is 2.72. The van der Waals surface area contributed by atoms with E-state index < -0.39 is 0 Å². The van der Waals surface area contributed by atoms with Gasteiger partial charge in [0.1, 0.15) is 6.79 Å². The zero-order valence-corrected chi connectivity index (χ0v) is 11.0. The molecule has 0 saturated carbocycles. The molecule has 0 aromatic carbocycles. The van der Waals surface area contributed by atoms with Crippen molar-refractivity contribution in [3.8, 4) is 0 Å². The maximum atomic E-state index is 5.51. The lowest BCUT2D eigenvalue weighted by Crippen LogP contribution is -2.12. The Labute approximate surface area is 101 Å². The van der Waals surface area contributed by atoms with Crippen LogP contribution in [0.25, 0.3) is 0 Å². The van der Waals surface area contributed by atoms with Gasteiger partial charge in [-0.2, -0.15) is 0 Å². The summed E-state index contributed by atoms with van der Waals surface area (Å²) in [6, 6.07) is 0. The summed E-state index contributed by atoms with van der Waals surface area (Å²) < 4.78 is 10.7. The van der Waals surface area contributed by atoms with Crippen LogP contribution in [0.1, 0.15) is 52.4 Å². The molecule has 2 heteroatoms. The minimum Gasteiger partial charge on any atom is -0.356 e. The molecular weight excluding hydrogens is 200 g/mol. The van der Waals surface area contributed by atoms with Crippen LogP contribution in [0.5, 0.6) is 0 Å².